The van der Waals surface area contributed by atoms with Crippen LogP contribution in [0.4, 0.5) is 0 Å². The lowest BCUT2D eigenvalue weighted by Gasteiger charge is -2.20. The van der Waals surface area contributed by atoms with Gasteiger partial charge in [0.2, 0.25) is 5.91 Å². The molecule has 1 atom stereocenters. The Morgan fingerprint density at radius 3 is 2.62 bits per heavy atom. The number of hydrogen-bond acceptors (Lipinski definition) is 4. The van der Waals surface area contributed by atoms with E-state index in [1.54, 1.807) is 6.20 Å². The summed E-state index contributed by atoms with van der Waals surface area (Å²) in [6, 6.07) is 9.98. The molecule has 3 rings (SSSR count). The first-order valence-electron chi connectivity index (χ1n) is 8.78. The van der Waals surface area contributed by atoms with Crippen LogP contribution in [0.5, 0.6) is 0 Å². The predicted octanol–water partition coefficient (Wildman–Crippen LogP) is 3.29. The molecule has 0 aliphatic rings. The fraction of sp³-hybridized carbons (Fsp3) is 0.350. The summed E-state index contributed by atoms with van der Waals surface area (Å²) in [6.07, 6.45) is 4.81. The van der Waals surface area contributed by atoms with Crippen molar-refractivity contribution < 1.29 is 9.32 Å². The van der Waals surface area contributed by atoms with Crippen molar-refractivity contribution in [1.29, 1.82) is 0 Å². The van der Waals surface area contributed by atoms with Gasteiger partial charge in [0.25, 0.3) is 0 Å². The van der Waals surface area contributed by atoms with Gasteiger partial charge in [-0.05, 0) is 32.8 Å². The molecule has 0 aliphatic heterocycles. The number of nitrogens with one attached hydrogen (secondary N) is 1. The van der Waals surface area contributed by atoms with E-state index >= 15 is 0 Å². The van der Waals surface area contributed by atoms with Gasteiger partial charge in [-0.15, -0.1) is 0 Å². The van der Waals surface area contributed by atoms with E-state index in [0.717, 1.165) is 35.6 Å². The van der Waals surface area contributed by atoms with Gasteiger partial charge in [0.1, 0.15) is 11.6 Å². The van der Waals surface area contributed by atoms with Crippen LogP contribution in [-0.4, -0.2) is 20.6 Å². The molecule has 0 radical (unpaired) electrons. The Labute approximate surface area is 153 Å². The number of carbonyl (C=O) groups excluding carboxylic acids is 1. The van der Waals surface area contributed by atoms with Crippen LogP contribution in [0, 0.1) is 20.8 Å². The van der Waals surface area contributed by atoms with Gasteiger partial charge >= 0.3 is 0 Å². The fourth-order valence-electron chi connectivity index (χ4n) is 3.08. The molecule has 3 aromatic rings. The summed E-state index contributed by atoms with van der Waals surface area (Å²) in [5.41, 5.74) is 2.72. The minimum atomic E-state index is -0.0639. The molecule has 1 amide bonds. The number of rotatable bonds is 7. The van der Waals surface area contributed by atoms with Gasteiger partial charge in [0, 0.05) is 24.5 Å². The first kappa shape index (κ1) is 17.9. The van der Waals surface area contributed by atoms with Crippen molar-refractivity contribution in [1.82, 2.24) is 20.0 Å². The smallest absolute Gasteiger partial charge is 0.225 e. The summed E-state index contributed by atoms with van der Waals surface area (Å²) in [7, 11) is 0. The molecule has 0 saturated carbocycles. The maximum atomic E-state index is 12.6. The van der Waals surface area contributed by atoms with Crippen LogP contribution in [0.3, 0.4) is 0 Å². The van der Waals surface area contributed by atoms with E-state index in [0.29, 0.717) is 5.76 Å². The fourth-order valence-corrected chi connectivity index (χ4v) is 3.08. The Hall–Kier alpha value is -2.89. The van der Waals surface area contributed by atoms with Crippen LogP contribution >= 0.6 is 0 Å². The number of hydrogen-bond donors (Lipinski definition) is 1. The van der Waals surface area contributed by atoms with Gasteiger partial charge in [0.15, 0.2) is 0 Å². The number of benzene rings is 1. The van der Waals surface area contributed by atoms with Crippen molar-refractivity contribution in [3.8, 4) is 0 Å². The third-order valence-electron chi connectivity index (χ3n) is 4.64. The zero-order chi connectivity index (χ0) is 18.5. The number of carbonyl (C=O) groups is 1. The molecule has 0 aliphatic carbocycles. The van der Waals surface area contributed by atoms with Crippen LogP contribution in [0.1, 0.15) is 40.9 Å². The highest BCUT2D eigenvalue weighted by molar-refractivity contribution is 5.79. The molecule has 2 heterocycles. The molecule has 1 N–H and O–H groups in total. The molecular formula is C20H24N4O2. The van der Waals surface area contributed by atoms with Gasteiger partial charge in [-0.2, -0.15) is 0 Å². The lowest BCUT2D eigenvalue weighted by Crippen LogP contribution is -2.31. The van der Waals surface area contributed by atoms with Crippen LogP contribution in [0.25, 0.3) is 0 Å². The van der Waals surface area contributed by atoms with E-state index in [2.05, 4.69) is 20.0 Å². The normalized spacial score (nSPS) is 12.1. The van der Waals surface area contributed by atoms with Gasteiger partial charge in [-0.3, -0.25) is 4.79 Å². The van der Waals surface area contributed by atoms with Gasteiger partial charge in [-0.25, -0.2) is 4.98 Å². The zero-order valence-electron chi connectivity index (χ0n) is 15.4. The van der Waals surface area contributed by atoms with Crippen LogP contribution < -0.4 is 5.32 Å². The number of imidazole rings is 1. The summed E-state index contributed by atoms with van der Waals surface area (Å²) < 4.78 is 7.25. The molecule has 26 heavy (non-hydrogen) atoms. The van der Waals surface area contributed by atoms with Crippen molar-refractivity contribution in [3.05, 3.63) is 71.1 Å². The Balaban J connectivity index is 1.71. The SMILES string of the molecule is Cc1noc(C)c1CC(=O)N[C@@H](CCn1ccnc1C)c1ccccc1. The first-order valence-corrected chi connectivity index (χ1v) is 8.78. The summed E-state index contributed by atoms with van der Waals surface area (Å²) >= 11 is 0. The third-order valence-corrected chi connectivity index (χ3v) is 4.64. The molecule has 0 bridgehead atoms. The second-order valence-corrected chi connectivity index (χ2v) is 6.47. The number of aryl methyl sites for hydroxylation is 4. The van der Waals surface area contributed by atoms with Gasteiger partial charge < -0.3 is 14.4 Å². The number of amides is 1. The summed E-state index contributed by atoms with van der Waals surface area (Å²) in [6.45, 7) is 6.46. The Morgan fingerprint density at radius 1 is 1.23 bits per heavy atom. The molecular weight excluding hydrogens is 328 g/mol. The minimum absolute atomic E-state index is 0.0318. The summed E-state index contributed by atoms with van der Waals surface area (Å²) in [5, 5.41) is 7.09. The average Bonchev–Trinajstić information content (AvgIpc) is 3.19. The topological polar surface area (TPSA) is 73.0 Å². The van der Waals surface area contributed by atoms with E-state index in [9.17, 15) is 4.79 Å². The van der Waals surface area contributed by atoms with E-state index in [-0.39, 0.29) is 18.4 Å². The highest BCUT2D eigenvalue weighted by atomic mass is 16.5. The first-order chi connectivity index (χ1) is 12.5. The van der Waals surface area contributed by atoms with Crippen molar-refractivity contribution in [2.45, 2.75) is 46.2 Å². The van der Waals surface area contributed by atoms with E-state index in [4.69, 9.17) is 4.52 Å². The van der Waals surface area contributed by atoms with Crippen LogP contribution in [0.15, 0.2) is 47.2 Å². The van der Waals surface area contributed by atoms with Crippen molar-refractivity contribution in [2.75, 3.05) is 0 Å². The average molecular weight is 352 g/mol. The summed E-state index contributed by atoms with van der Waals surface area (Å²) in [5.74, 6) is 1.64. The molecule has 6 heteroatoms. The molecule has 0 spiro atoms. The zero-order valence-corrected chi connectivity index (χ0v) is 15.4. The highest BCUT2D eigenvalue weighted by Gasteiger charge is 2.18. The maximum absolute atomic E-state index is 12.6. The van der Waals surface area contributed by atoms with Gasteiger partial charge in [-0.1, -0.05) is 35.5 Å². The number of nitrogens with zero attached hydrogens (tertiary/aromatic N) is 3. The van der Waals surface area contributed by atoms with Crippen molar-refractivity contribution in [2.24, 2.45) is 0 Å². The molecule has 0 unspecified atom stereocenters. The largest absolute Gasteiger partial charge is 0.361 e. The quantitative estimate of drug-likeness (QED) is 0.708. The Bertz CT molecular complexity index is 848. The van der Waals surface area contributed by atoms with E-state index in [1.165, 1.54) is 0 Å². The Morgan fingerprint density at radius 2 is 2.00 bits per heavy atom. The lowest BCUT2D eigenvalue weighted by atomic mass is 10.0. The van der Waals surface area contributed by atoms with Crippen LogP contribution in [-0.2, 0) is 17.8 Å². The van der Waals surface area contributed by atoms with Crippen molar-refractivity contribution in [3.63, 3.8) is 0 Å². The lowest BCUT2D eigenvalue weighted by molar-refractivity contribution is -0.121. The second kappa shape index (κ2) is 7.99. The number of aromatic nitrogens is 3. The molecule has 136 valence electrons. The minimum Gasteiger partial charge on any atom is -0.361 e. The molecule has 6 nitrogen and oxygen atoms in total. The summed E-state index contributed by atoms with van der Waals surface area (Å²) in [4.78, 5) is 16.9. The molecule has 0 fully saturated rings. The molecule has 0 saturated heterocycles. The highest BCUT2D eigenvalue weighted by Crippen LogP contribution is 2.19. The third kappa shape index (κ3) is 4.20. The standard InChI is InChI=1S/C20H24N4O2/c1-14-18(15(2)26-23-14)13-20(25)22-19(17-7-5-4-6-8-17)9-11-24-12-10-21-16(24)3/h4-8,10,12,19H,9,11,13H2,1-3H3,(H,22,25)/t19-/m0/s1. The van der Waals surface area contributed by atoms with Crippen LogP contribution in [0.2, 0.25) is 0 Å². The Kier molecular flexibility index (Phi) is 5.51. The van der Waals surface area contributed by atoms with Crippen molar-refractivity contribution >= 4 is 5.91 Å². The second-order valence-electron chi connectivity index (χ2n) is 6.47. The predicted molar refractivity (Wildman–Crippen MR) is 98.6 cm³/mol. The maximum Gasteiger partial charge on any atom is 0.225 e. The molecule has 2 aromatic heterocycles. The van der Waals surface area contributed by atoms with E-state index in [1.807, 2.05) is 57.3 Å². The monoisotopic (exact) mass is 352 g/mol. The van der Waals surface area contributed by atoms with Gasteiger partial charge in [0.05, 0.1) is 18.2 Å². The van der Waals surface area contributed by atoms with E-state index < -0.39 is 0 Å². The molecule has 1 aromatic carbocycles.